The Hall–Kier alpha value is -1.98. The van der Waals surface area contributed by atoms with Gasteiger partial charge >= 0.3 is 0 Å². The highest BCUT2D eigenvalue weighted by molar-refractivity contribution is 9.10. The molecule has 28 heavy (non-hydrogen) atoms. The van der Waals surface area contributed by atoms with Crippen LogP contribution in [0.4, 0.5) is 0 Å². The third-order valence-electron chi connectivity index (χ3n) is 3.96. The first-order valence-electron chi connectivity index (χ1n) is 8.22. The average molecular weight is 492 g/mol. The molecule has 7 heteroatoms. The van der Waals surface area contributed by atoms with Gasteiger partial charge in [-0.2, -0.15) is 0 Å². The van der Waals surface area contributed by atoms with Crippen molar-refractivity contribution >= 4 is 50.7 Å². The lowest BCUT2D eigenvalue weighted by Gasteiger charge is -2.09. The van der Waals surface area contributed by atoms with Gasteiger partial charge in [-0.15, -0.1) is 0 Å². The van der Waals surface area contributed by atoms with Gasteiger partial charge in [0.2, 0.25) is 0 Å². The van der Waals surface area contributed by atoms with Crippen LogP contribution in [0.5, 0.6) is 0 Å². The van der Waals surface area contributed by atoms with Crippen LogP contribution in [0.2, 0.25) is 15.1 Å². The van der Waals surface area contributed by atoms with Crippen molar-refractivity contribution in [2.45, 2.75) is 0 Å². The van der Waals surface area contributed by atoms with E-state index in [1.54, 1.807) is 24.3 Å². The highest BCUT2D eigenvalue weighted by Crippen LogP contribution is 2.29. The Morgan fingerprint density at radius 2 is 0.929 bits per heavy atom. The highest BCUT2D eigenvalue weighted by atomic mass is 79.9. The fourth-order valence-electron chi connectivity index (χ4n) is 2.64. The molecule has 0 unspecified atom stereocenters. The lowest BCUT2D eigenvalue weighted by Crippen LogP contribution is -2.00. The summed E-state index contributed by atoms with van der Waals surface area (Å²) in [5.41, 5.74) is 2.46. The van der Waals surface area contributed by atoms with E-state index in [1.807, 2.05) is 42.5 Å². The summed E-state index contributed by atoms with van der Waals surface area (Å²) in [5.74, 6) is 1.61. The molecule has 4 rings (SSSR count). The van der Waals surface area contributed by atoms with Crippen LogP contribution in [0.15, 0.2) is 71.2 Å². The van der Waals surface area contributed by atoms with Gasteiger partial charge in [0.05, 0.1) is 0 Å². The summed E-state index contributed by atoms with van der Waals surface area (Å²) < 4.78 is 0.844. The molecule has 3 nitrogen and oxygen atoms in total. The molecular formula is C21H11BrCl3N3. The molecule has 0 fully saturated rings. The van der Waals surface area contributed by atoms with Crippen molar-refractivity contribution < 1.29 is 0 Å². The molecule has 0 bridgehead atoms. The van der Waals surface area contributed by atoms with E-state index in [9.17, 15) is 0 Å². The fourth-order valence-corrected chi connectivity index (χ4v) is 3.76. The van der Waals surface area contributed by atoms with E-state index < -0.39 is 0 Å². The van der Waals surface area contributed by atoms with Crippen LogP contribution in [-0.2, 0) is 0 Å². The van der Waals surface area contributed by atoms with Crippen LogP contribution in [0.3, 0.4) is 0 Å². The maximum absolute atomic E-state index is 6.22. The van der Waals surface area contributed by atoms with Crippen LogP contribution in [0, 0.1) is 0 Å². The molecule has 138 valence electrons. The van der Waals surface area contributed by atoms with Crippen molar-refractivity contribution in [1.29, 1.82) is 0 Å². The van der Waals surface area contributed by atoms with Gasteiger partial charge in [-0.25, -0.2) is 15.0 Å². The smallest absolute Gasteiger partial charge is 0.164 e. The molecular weight excluding hydrogens is 481 g/mol. The Morgan fingerprint density at radius 3 is 1.36 bits per heavy atom. The van der Waals surface area contributed by atoms with E-state index in [0.717, 1.165) is 21.2 Å². The lowest BCUT2D eigenvalue weighted by atomic mass is 10.1. The number of rotatable bonds is 3. The summed E-state index contributed by atoms with van der Waals surface area (Å²) >= 11 is 21.7. The summed E-state index contributed by atoms with van der Waals surface area (Å²) in [5, 5.41) is 1.88. The van der Waals surface area contributed by atoms with Crippen molar-refractivity contribution in [1.82, 2.24) is 15.0 Å². The van der Waals surface area contributed by atoms with Crippen LogP contribution in [-0.4, -0.2) is 15.0 Å². The zero-order valence-electron chi connectivity index (χ0n) is 14.2. The van der Waals surface area contributed by atoms with Crippen molar-refractivity contribution in [3.63, 3.8) is 0 Å². The normalized spacial score (nSPS) is 10.9. The zero-order chi connectivity index (χ0) is 19.7. The van der Waals surface area contributed by atoms with Gasteiger partial charge < -0.3 is 0 Å². The molecule has 0 atom stereocenters. The second-order valence-corrected chi connectivity index (χ2v) is 8.20. The summed E-state index contributed by atoms with van der Waals surface area (Å²) in [7, 11) is 0. The standard InChI is InChI=1S/C21H11BrCl3N3/c22-15-9-14(10-18(25)11-15)21-27-19(12-1-5-16(23)6-2-12)26-20(28-21)13-3-7-17(24)8-4-13/h1-11H. The number of aromatic nitrogens is 3. The van der Waals surface area contributed by atoms with Crippen LogP contribution in [0.25, 0.3) is 34.2 Å². The van der Waals surface area contributed by atoms with Crippen molar-refractivity contribution in [2.75, 3.05) is 0 Å². The molecule has 0 aliphatic heterocycles. The molecule has 0 amide bonds. The predicted octanol–water partition coefficient (Wildman–Crippen LogP) is 7.60. The third-order valence-corrected chi connectivity index (χ3v) is 5.14. The fraction of sp³-hybridized carbons (Fsp3) is 0. The number of benzene rings is 3. The van der Waals surface area contributed by atoms with Crippen LogP contribution >= 0.6 is 50.7 Å². The molecule has 0 saturated carbocycles. The molecule has 0 saturated heterocycles. The summed E-state index contributed by atoms with van der Waals surface area (Å²) in [6, 6.07) is 20.3. The van der Waals surface area contributed by atoms with E-state index >= 15 is 0 Å². The summed E-state index contributed by atoms with van der Waals surface area (Å²) in [6.07, 6.45) is 0. The van der Waals surface area contributed by atoms with Gasteiger partial charge in [0.15, 0.2) is 17.5 Å². The number of hydrogen-bond acceptors (Lipinski definition) is 3. The lowest BCUT2D eigenvalue weighted by molar-refractivity contribution is 1.07. The van der Waals surface area contributed by atoms with Gasteiger partial charge in [-0.05, 0) is 66.7 Å². The van der Waals surface area contributed by atoms with Gasteiger partial charge in [-0.1, -0.05) is 50.7 Å². The minimum atomic E-state index is 0.521. The molecule has 0 aliphatic rings. The molecule has 0 N–H and O–H groups in total. The molecule has 1 aromatic heterocycles. The topological polar surface area (TPSA) is 38.7 Å². The van der Waals surface area contributed by atoms with Gasteiger partial charge in [-0.3, -0.25) is 0 Å². The monoisotopic (exact) mass is 489 g/mol. The quantitative estimate of drug-likeness (QED) is 0.296. The predicted molar refractivity (Wildman–Crippen MR) is 119 cm³/mol. The Kier molecular flexibility index (Phi) is 5.65. The third kappa shape index (κ3) is 4.36. The van der Waals surface area contributed by atoms with Crippen molar-refractivity contribution in [2.24, 2.45) is 0 Å². The van der Waals surface area contributed by atoms with E-state index in [-0.39, 0.29) is 0 Å². The van der Waals surface area contributed by atoms with Gasteiger partial charge in [0.1, 0.15) is 0 Å². The Balaban J connectivity index is 1.92. The minimum Gasteiger partial charge on any atom is -0.208 e. The van der Waals surface area contributed by atoms with Gasteiger partial charge in [0.25, 0.3) is 0 Å². The highest BCUT2D eigenvalue weighted by Gasteiger charge is 2.13. The van der Waals surface area contributed by atoms with Crippen LogP contribution in [0.1, 0.15) is 0 Å². The molecule has 0 aliphatic carbocycles. The van der Waals surface area contributed by atoms with Gasteiger partial charge in [0, 0.05) is 36.2 Å². The largest absolute Gasteiger partial charge is 0.208 e. The number of hydrogen-bond donors (Lipinski definition) is 0. The van der Waals surface area contributed by atoms with E-state index in [1.165, 1.54) is 0 Å². The van der Waals surface area contributed by atoms with Crippen molar-refractivity contribution in [3.8, 4) is 34.2 Å². The average Bonchev–Trinajstić information content (AvgIpc) is 2.68. The number of halogens is 4. The second kappa shape index (κ2) is 8.18. The number of nitrogens with zero attached hydrogens (tertiary/aromatic N) is 3. The first kappa shape index (κ1) is 19.3. The Labute approximate surface area is 185 Å². The Bertz CT molecular complexity index is 1060. The molecule has 0 spiro atoms. The minimum absolute atomic E-state index is 0.521. The summed E-state index contributed by atoms with van der Waals surface area (Å²) in [6.45, 7) is 0. The second-order valence-electron chi connectivity index (χ2n) is 5.98. The van der Waals surface area contributed by atoms with E-state index in [4.69, 9.17) is 34.8 Å². The SMILES string of the molecule is Clc1ccc(-c2nc(-c3ccc(Cl)cc3)nc(-c3cc(Cl)cc(Br)c3)n2)cc1. The van der Waals surface area contributed by atoms with E-state index in [2.05, 4.69) is 30.9 Å². The molecule has 3 aromatic carbocycles. The molecule has 1 heterocycles. The first-order valence-corrected chi connectivity index (χ1v) is 10.1. The maximum atomic E-state index is 6.22. The van der Waals surface area contributed by atoms with Crippen LogP contribution < -0.4 is 0 Å². The van der Waals surface area contributed by atoms with Crippen molar-refractivity contribution in [3.05, 3.63) is 86.3 Å². The summed E-state index contributed by atoms with van der Waals surface area (Å²) in [4.78, 5) is 14.0. The maximum Gasteiger partial charge on any atom is 0.164 e. The van der Waals surface area contributed by atoms with E-state index in [0.29, 0.717) is 32.5 Å². The Morgan fingerprint density at radius 1 is 0.500 bits per heavy atom. The zero-order valence-corrected chi connectivity index (χ0v) is 18.1. The first-order chi connectivity index (χ1) is 13.5. The molecule has 4 aromatic rings. The molecule has 0 radical (unpaired) electrons.